The number of nitrogens with one attached hydrogen (secondary N) is 2. The van der Waals surface area contributed by atoms with Gasteiger partial charge >= 0.3 is 0 Å². The number of morpholine rings is 1. The molecular formula is C19H39N5O2S. The second-order valence-electron chi connectivity index (χ2n) is 7.40. The quantitative estimate of drug-likeness (QED) is 0.300. The van der Waals surface area contributed by atoms with Crippen molar-refractivity contribution >= 4 is 17.7 Å². The van der Waals surface area contributed by atoms with Crippen LogP contribution in [0.5, 0.6) is 0 Å². The number of ether oxygens (including phenoxy) is 2. The lowest BCUT2D eigenvalue weighted by Gasteiger charge is -2.42. The Morgan fingerprint density at radius 3 is 2.78 bits per heavy atom. The van der Waals surface area contributed by atoms with E-state index in [4.69, 9.17) is 14.5 Å². The minimum Gasteiger partial charge on any atom is -0.385 e. The van der Waals surface area contributed by atoms with Crippen molar-refractivity contribution in [2.45, 2.75) is 25.3 Å². The molecule has 0 aliphatic carbocycles. The fourth-order valence-electron chi connectivity index (χ4n) is 3.63. The van der Waals surface area contributed by atoms with Gasteiger partial charge in [-0.1, -0.05) is 0 Å². The largest absolute Gasteiger partial charge is 0.385 e. The van der Waals surface area contributed by atoms with E-state index in [1.807, 2.05) is 0 Å². The third kappa shape index (κ3) is 7.77. The maximum Gasteiger partial charge on any atom is 0.191 e. The SMILES string of the molecule is CCNC(=NCC1(N2CCOCC2)CCSC1)NCCN(C)CCCOC. The van der Waals surface area contributed by atoms with Gasteiger partial charge in [-0.3, -0.25) is 9.89 Å². The fourth-order valence-corrected chi connectivity index (χ4v) is 5.10. The molecule has 0 saturated carbocycles. The van der Waals surface area contributed by atoms with Gasteiger partial charge in [-0.15, -0.1) is 0 Å². The van der Waals surface area contributed by atoms with Crippen molar-refractivity contribution in [2.75, 3.05) is 91.3 Å². The first-order valence-corrected chi connectivity index (χ1v) is 11.5. The molecule has 0 spiro atoms. The van der Waals surface area contributed by atoms with E-state index in [1.165, 1.54) is 17.9 Å². The third-order valence-electron chi connectivity index (χ3n) is 5.31. The second-order valence-corrected chi connectivity index (χ2v) is 8.50. The molecule has 2 rings (SSSR count). The van der Waals surface area contributed by atoms with Crippen LogP contribution < -0.4 is 10.6 Å². The predicted molar refractivity (Wildman–Crippen MR) is 115 cm³/mol. The van der Waals surface area contributed by atoms with Gasteiger partial charge in [0.15, 0.2) is 5.96 Å². The van der Waals surface area contributed by atoms with Crippen LogP contribution in [0.15, 0.2) is 4.99 Å². The zero-order chi connectivity index (χ0) is 19.4. The van der Waals surface area contributed by atoms with Crippen molar-refractivity contribution in [3.8, 4) is 0 Å². The van der Waals surface area contributed by atoms with Crippen molar-refractivity contribution in [1.82, 2.24) is 20.4 Å². The molecule has 0 aromatic rings. The Labute approximate surface area is 169 Å². The van der Waals surface area contributed by atoms with Gasteiger partial charge in [0.1, 0.15) is 0 Å². The van der Waals surface area contributed by atoms with Crippen molar-refractivity contribution in [3.05, 3.63) is 0 Å². The van der Waals surface area contributed by atoms with Crippen LogP contribution in [-0.4, -0.2) is 113 Å². The molecule has 2 N–H and O–H groups in total. The molecule has 7 nitrogen and oxygen atoms in total. The van der Waals surface area contributed by atoms with Gasteiger partial charge in [0.2, 0.25) is 0 Å². The number of rotatable bonds is 11. The summed E-state index contributed by atoms with van der Waals surface area (Å²) >= 11 is 2.06. The van der Waals surface area contributed by atoms with E-state index in [1.54, 1.807) is 7.11 Å². The van der Waals surface area contributed by atoms with E-state index >= 15 is 0 Å². The average molecular weight is 402 g/mol. The highest BCUT2D eigenvalue weighted by Gasteiger charge is 2.40. The highest BCUT2D eigenvalue weighted by molar-refractivity contribution is 7.99. The van der Waals surface area contributed by atoms with E-state index in [0.717, 1.165) is 78.0 Å². The first-order chi connectivity index (χ1) is 13.2. The Hall–Kier alpha value is -0.540. The summed E-state index contributed by atoms with van der Waals surface area (Å²) in [6, 6.07) is 0. The number of hydrogen-bond donors (Lipinski definition) is 2. The van der Waals surface area contributed by atoms with E-state index in [-0.39, 0.29) is 5.54 Å². The zero-order valence-corrected chi connectivity index (χ0v) is 18.3. The van der Waals surface area contributed by atoms with Crippen LogP contribution in [0, 0.1) is 0 Å². The summed E-state index contributed by atoms with van der Waals surface area (Å²) < 4.78 is 10.7. The molecule has 8 heteroatoms. The lowest BCUT2D eigenvalue weighted by atomic mass is 9.96. The second kappa shape index (κ2) is 12.8. The Kier molecular flexibility index (Phi) is 10.8. The molecule has 0 bridgehead atoms. The maximum atomic E-state index is 5.56. The molecule has 2 heterocycles. The molecule has 2 aliphatic rings. The third-order valence-corrected chi connectivity index (χ3v) is 6.55. The van der Waals surface area contributed by atoms with E-state index in [0.29, 0.717) is 0 Å². The molecular weight excluding hydrogens is 362 g/mol. The average Bonchev–Trinajstić information content (AvgIpc) is 3.17. The van der Waals surface area contributed by atoms with Gasteiger partial charge in [0.05, 0.1) is 25.3 Å². The number of likely N-dealkylation sites (N-methyl/N-ethyl adjacent to an activating group) is 1. The van der Waals surface area contributed by atoms with Gasteiger partial charge in [0, 0.05) is 58.7 Å². The summed E-state index contributed by atoms with van der Waals surface area (Å²) in [6.45, 7) is 11.4. The van der Waals surface area contributed by atoms with Crippen molar-refractivity contribution in [3.63, 3.8) is 0 Å². The minimum atomic E-state index is 0.202. The molecule has 1 atom stereocenters. The lowest BCUT2D eigenvalue weighted by molar-refractivity contribution is -0.0104. The van der Waals surface area contributed by atoms with Crippen LogP contribution in [0.4, 0.5) is 0 Å². The summed E-state index contributed by atoms with van der Waals surface area (Å²) in [5.41, 5.74) is 0.202. The standard InChI is InChI=1S/C19H39N5O2S/c1-4-20-18(21-7-9-23(2)8-5-12-25-3)22-16-19(6-15-27-17-19)24-10-13-26-14-11-24/h4-17H2,1-3H3,(H2,20,21,22). The first kappa shape index (κ1) is 22.7. The highest BCUT2D eigenvalue weighted by Crippen LogP contribution is 2.34. The molecule has 2 aliphatic heterocycles. The number of aliphatic imine (C=N–C) groups is 1. The molecule has 0 aromatic carbocycles. The van der Waals surface area contributed by atoms with E-state index < -0.39 is 0 Å². The van der Waals surface area contributed by atoms with Crippen molar-refractivity contribution in [2.24, 2.45) is 4.99 Å². The molecule has 2 fully saturated rings. The maximum absolute atomic E-state index is 5.56. The lowest BCUT2D eigenvalue weighted by Crippen LogP contribution is -2.56. The van der Waals surface area contributed by atoms with Crippen molar-refractivity contribution < 1.29 is 9.47 Å². The van der Waals surface area contributed by atoms with Gasteiger partial charge in [0.25, 0.3) is 0 Å². The summed E-state index contributed by atoms with van der Waals surface area (Å²) in [5, 5.41) is 6.91. The number of nitrogens with zero attached hydrogens (tertiary/aromatic N) is 3. The number of methoxy groups -OCH3 is 1. The molecule has 0 amide bonds. The summed E-state index contributed by atoms with van der Waals surface area (Å²) in [5.74, 6) is 3.36. The predicted octanol–water partition coefficient (Wildman–Crippen LogP) is 0.718. The van der Waals surface area contributed by atoms with E-state index in [9.17, 15) is 0 Å². The van der Waals surface area contributed by atoms with Crippen LogP contribution >= 0.6 is 11.8 Å². The van der Waals surface area contributed by atoms with Gasteiger partial charge in [-0.25, -0.2) is 0 Å². The topological polar surface area (TPSA) is 61.4 Å². The normalized spacial score (nSPS) is 24.5. The van der Waals surface area contributed by atoms with Crippen LogP contribution in [0.2, 0.25) is 0 Å². The van der Waals surface area contributed by atoms with Gasteiger partial charge < -0.3 is 25.0 Å². The van der Waals surface area contributed by atoms with Crippen LogP contribution in [-0.2, 0) is 9.47 Å². The Balaban J connectivity index is 1.83. The molecule has 0 aromatic heterocycles. The van der Waals surface area contributed by atoms with Crippen molar-refractivity contribution in [1.29, 1.82) is 0 Å². The number of hydrogen-bond acceptors (Lipinski definition) is 6. The zero-order valence-electron chi connectivity index (χ0n) is 17.5. The highest BCUT2D eigenvalue weighted by atomic mass is 32.2. The fraction of sp³-hybridized carbons (Fsp3) is 0.947. The number of guanidine groups is 1. The first-order valence-electron chi connectivity index (χ1n) is 10.3. The molecule has 2 saturated heterocycles. The minimum absolute atomic E-state index is 0.202. The Morgan fingerprint density at radius 2 is 2.11 bits per heavy atom. The van der Waals surface area contributed by atoms with Crippen LogP contribution in [0.1, 0.15) is 19.8 Å². The van der Waals surface area contributed by atoms with Gasteiger partial charge in [-0.2, -0.15) is 11.8 Å². The number of thioether (sulfide) groups is 1. The van der Waals surface area contributed by atoms with Crippen LogP contribution in [0.3, 0.4) is 0 Å². The molecule has 27 heavy (non-hydrogen) atoms. The Bertz CT molecular complexity index is 426. The molecule has 158 valence electrons. The summed E-state index contributed by atoms with van der Waals surface area (Å²) in [4.78, 5) is 9.93. The summed E-state index contributed by atoms with van der Waals surface area (Å²) in [7, 11) is 3.91. The molecule has 0 radical (unpaired) electrons. The summed E-state index contributed by atoms with van der Waals surface area (Å²) in [6.07, 6.45) is 2.30. The van der Waals surface area contributed by atoms with E-state index in [2.05, 4.69) is 46.2 Å². The monoisotopic (exact) mass is 401 g/mol. The molecule has 1 unspecified atom stereocenters. The Morgan fingerprint density at radius 1 is 1.30 bits per heavy atom. The smallest absolute Gasteiger partial charge is 0.191 e. The van der Waals surface area contributed by atoms with Crippen LogP contribution in [0.25, 0.3) is 0 Å². The van der Waals surface area contributed by atoms with Gasteiger partial charge in [-0.05, 0) is 32.6 Å².